The minimum absolute atomic E-state index is 0.136. The molecule has 0 spiro atoms. The van der Waals surface area contributed by atoms with Gasteiger partial charge in [0.25, 0.3) is 5.91 Å². The zero-order chi connectivity index (χ0) is 18.5. The molecule has 1 fully saturated rings. The monoisotopic (exact) mass is 373 g/mol. The van der Waals surface area contributed by atoms with Crippen molar-refractivity contribution in [1.82, 2.24) is 9.91 Å². The van der Waals surface area contributed by atoms with Gasteiger partial charge in [0.05, 0.1) is 35.7 Å². The van der Waals surface area contributed by atoms with Gasteiger partial charge in [-0.15, -0.1) is 0 Å². The van der Waals surface area contributed by atoms with Crippen LogP contribution in [0.5, 0.6) is 0 Å². The Kier molecular flexibility index (Phi) is 5.72. The summed E-state index contributed by atoms with van der Waals surface area (Å²) in [4.78, 5) is 37.6. The van der Waals surface area contributed by atoms with Crippen molar-refractivity contribution in [3.8, 4) is 0 Å². The molecule has 0 N–H and O–H groups in total. The van der Waals surface area contributed by atoms with Crippen molar-refractivity contribution >= 4 is 35.3 Å². The van der Waals surface area contributed by atoms with E-state index in [1.165, 1.54) is 27.7 Å². The molecule has 2 heterocycles. The van der Waals surface area contributed by atoms with Gasteiger partial charge in [-0.05, 0) is 12.5 Å². The van der Waals surface area contributed by atoms with E-state index in [-0.39, 0.29) is 30.7 Å². The summed E-state index contributed by atoms with van der Waals surface area (Å²) in [6.45, 7) is 2.31. The van der Waals surface area contributed by atoms with Crippen LogP contribution in [0.2, 0.25) is 0 Å². The van der Waals surface area contributed by atoms with Crippen LogP contribution in [0, 0.1) is 0 Å². The number of rotatable bonds is 5. The Bertz CT molecular complexity index is 776. The summed E-state index contributed by atoms with van der Waals surface area (Å²) in [6, 6.07) is 9.68. The lowest BCUT2D eigenvalue weighted by Gasteiger charge is -2.19. The van der Waals surface area contributed by atoms with Gasteiger partial charge in [-0.2, -0.15) is 5.10 Å². The van der Waals surface area contributed by atoms with Crippen LogP contribution in [-0.2, 0) is 19.1 Å². The van der Waals surface area contributed by atoms with Crippen molar-refractivity contribution in [2.75, 3.05) is 25.4 Å². The molecule has 0 unspecified atom stereocenters. The molecule has 0 saturated carbocycles. The highest BCUT2D eigenvalue weighted by Gasteiger charge is 2.32. The number of hydrogen-bond donors (Lipinski definition) is 0. The first kappa shape index (κ1) is 18.2. The molecule has 0 radical (unpaired) electrons. The summed E-state index contributed by atoms with van der Waals surface area (Å²) in [5.74, 6) is -0.795. The van der Waals surface area contributed by atoms with Crippen molar-refractivity contribution in [2.45, 2.75) is 13.3 Å². The first-order valence-corrected chi connectivity index (χ1v) is 9.32. The number of hydrazone groups is 1. The number of thioether (sulfide) groups is 1. The fourth-order valence-corrected chi connectivity index (χ4v) is 3.60. The molecular formula is C18H19N3O4S. The smallest absolute Gasteiger partial charge is 0.333 e. The molecular weight excluding hydrogens is 354 g/mol. The average molecular weight is 373 g/mol. The molecule has 2 aliphatic rings. The van der Waals surface area contributed by atoms with Crippen LogP contribution in [0.3, 0.4) is 0 Å². The van der Waals surface area contributed by atoms with Crippen molar-refractivity contribution < 1.29 is 19.1 Å². The maximum atomic E-state index is 12.6. The van der Waals surface area contributed by atoms with Gasteiger partial charge in [-0.25, -0.2) is 9.80 Å². The Morgan fingerprint density at radius 3 is 2.81 bits per heavy atom. The van der Waals surface area contributed by atoms with Gasteiger partial charge in [0.2, 0.25) is 5.91 Å². The predicted molar refractivity (Wildman–Crippen MR) is 98.2 cm³/mol. The Morgan fingerprint density at radius 2 is 2.08 bits per heavy atom. The molecule has 0 aliphatic carbocycles. The Balaban J connectivity index is 1.68. The summed E-state index contributed by atoms with van der Waals surface area (Å²) in [5.41, 5.74) is 1.84. The van der Waals surface area contributed by atoms with Gasteiger partial charge >= 0.3 is 5.97 Å². The Morgan fingerprint density at radius 1 is 1.31 bits per heavy atom. The van der Waals surface area contributed by atoms with E-state index >= 15 is 0 Å². The lowest BCUT2D eigenvalue weighted by atomic mass is 10.1. The molecule has 2 aliphatic heterocycles. The van der Waals surface area contributed by atoms with Gasteiger partial charge < -0.3 is 4.74 Å². The first-order chi connectivity index (χ1) is 12.6. The van der Waals surface area contributed by atoms with Crippen molar-refractivity contribution in [2.24, 2.45) is 5.10 Å². The standard InChI is InChI=1S/C18H19N3O4S/c1-2-25-18(24)10-17-20(16(23)12-26-17)11-15(22)21-9-8-14(19-21)13-6-4-3-5-7-13/h3-7,10H,2,8-9,11-12H2,1H3. The molecule has 1 saturated heterocycles. The van der Waals surface area contributed by atoms with E-state index in [1.54, 1.807) is 6.92 Å². The Labute approximate surface area is 155 Å². The van der Waals surface area contributed by atoms with Crippen LogP contribution in [0.1, 0.15) is 18.9 Å². The van der Waals surface area contributed by atoms with Crippen LogP contribution in [0.4, 0.5) is 0 Å². The number of benzene rings is 1. The second-order valence-corrected chi connectivity index (χ2v) is 6.68. The number of hydrogen-bond acceptors (Lipinski definition) is 6. The fraction of sp³-hybridized carbons (Fsp3) is 0.333. The highest BCUT2D eigenvalue weighted by atomic mass is 32.2. The Hall–Kier alpha value is -2.61. The summed E-state index contributed by atoms with van der Waals surface area (Å²) in [5, 5.41) is 6.21. The van der Waals surface area contributed by atoms with Crippen LogP contribution in [0.25, 0.3) is 0 Å². The highest BCUT2D eigenvalue weighted by Crippen LogP contribution is 2.29. The number of nitrogens with zero attached hydrogens (tertiary/aromatic N) is 3. The third-order valence-electron chi connectivity index (χ3n) is 3.93. The highest BCUT2D eigenvalue weighted by molar-refractivity contribution is 8.04. The summed E-state index contributed by atoms with van der Waals surface area (Å²) >= 11 is 1.22. The van der Waals surface area contributed by atoms with Crippen LogP contribution >= 0.6 is 11.8 Å². The number of carbonyl (C=O) groups excluding carboxylic acids is 3. The van der Waals surface area contributed by atoms with E-state index in [0.29, 0.717) is 18.0 Å². The van der Waals surface area contributed by atoms with E-state index in [4.69, 9.17) is 4.74 Å². The van der Waals surface area contributed by atoms with Crippen molar-refractivity contribution in [3.63, 3.8) is 0 Å². The third kappa shape index (κ3) is 4.13. The summed E-state index contributed by atoms with van der Waals surface area (Å²) in [6.07, 6.45) is 1.93. The second-order valence-electron chi connectivity index (χ2n) is 5.68. The quantitative estimate of drug-likeness (QED) is 0.579. The first-order valence-electron chi connectivity index (χ1n) is 8.33. The third-order valence-corrected chi connectivity index (χ3v) is 4.95. The minimum atomic E-state index is -0.521. The minimum Gasteiger partial charge on any atom is -0.463 e. The van der Waals surface area contributed by atoms with E-state index < -0.39 is 5.97 Å². The number of amides is 2. The molecule has 1 aromatic rings. The molecule has 0 atom stereocenters. The zero-order valence-corrected chi connectivity index (χ0v) is 15.2. The molecule has 7 nitrogen and oxygen atoms in total. The van der Waals surface area contributed by atoms with Gasteiger partial charge in [0.15, 0.2) is 0 Å². The predicted octanol–water partition coefficient (Wildman–Crippen LogP) is 1.60. The van der Waals surface area contributed by atoms with Gasteiger partial charge in [-0.1, -0.05) is 42.1 Å². The zero-order valence-electron chi connectivity index (χ0n) is 14.4. The average Bonchev–Trinajstić information content (AvgIpc) is 3.25. The number of carbonyl (C=O) groups is 3. The lowest BCUT2D eigenvalue weighted by Crippen LogP contribution is -2.37. The molecule has 1 aromatic carbocycles. The van der Waals surface area contributed by atoms with E-state index in [2.05, 4.69) is 5.10 Å². The maximum absolute atomic E-state index is 12.6. The van der Waals surface area contributed by atoms with Crippen molar-refractivity contribution in [3.05, 3.63) is 47.0 Å². The second kappa shape index (κ2) is 8.18. The van der Waals surface area contributed by atoms with Crippen LogP contribution in [-0.4, -0.2) is 58.9 Å². The molecule has 2 amide bonds. The molecule has 0 bridgehead atoms. The molecule has 8 heteroatoms. The van der Waals surface area contributed by atoms with E-state index in [0.717, 1.165) is 11.3 Å². The van der Waals surface area contributed by atoms with Crippen LogP contribution in [0.15, 0.2) is 46.5 Å². The molecule has 3 rings (SSSR count). The molecule has 0 aromatic heterocycles. The van der Waals surface area contributed by atoms with Crippen molar-refractivity contribution in [1.29, 1.82) is 0 Å². The summed E-state index contributed by atoms with van der Waals surface area (Å²) < 4.78 is 4.87. The lowest BCUT2D eigenvalue weighted by molar-refractivity contribution is -0.138. The number of esters is 1. The normalized spacial score (nSPS) is 18.4. The SMILES string of the molecule is CCOC(=O)C=C1SCC(=O)N1CC(=O)N1CCC(c2ccccc2)=N1. The van der Waals surface area contributed by atoms with Crippen LogP contribution < -0.4 is 0 Å². The fourth-order valence-electron chi connectivity index (χ4n) is 2.67. The van der Waals surface area contributed by atoms with Gasteiger partial charge in [-0.3, -0.25) is 14.5 Å². The van der Waals surface area contributed by atoms with Gasteiger partial charge in [0, 0.05) is 6.42 Å². The van der Waals surface area contributed by atoms with E-state index in [1.807, 2.05) is 30.3 Å². The van der Waals surface area contributed by atoms with E-state index in [9.17, 15) is 14.4 Å². The van der Waals surface area contributed by atoms with Gasteiger partial charge in [0.1, 0.15) is 6.54 Å². The maximum Gasteiger partial charge on any atom is 0.333 e. The number of ether oxygens (including phenoxy) is 1. The molecule has 136 valence electrons. The summed E-state index contributed by atoms with van der Waals surface area (Å²) in [7, 11) is 0. The topological polar surface area (TPSA) is 79.3 Å². The largest absolute Gasteiger partial charge is 0.463 e. The molecule has 26 heavy (non-hydrogen) atoms.